The van der Waals surface area contributed by atoms with Crippen LogP contribution in [-0.2, 0) is 23.9 Å². The Kier molecular flexibility index (Phi) is 25.4. The number of aliphatic hydroxyl groups is 1. The number of ether oxygens (including phenoxy) is 2. The molecule has 148 valence electrons. The molecule has 0 aliphatic carbocycles. The molecule has 0 heterocycles. The van der Waals surface area contributed by atoms with Crippen LogP contribution < -0.4 is 0 Å². The van der Waals surface area contributed by atoms with E-state index >= 15 is 0 Å². The maximum absolute atomic E-state index is 11.3. The molecule has 0 spiro atoms. The largest absolute Gasteiger partial charge is 0.462 e. The van der Waals surface area contributed by atoms with E-state index in [-0.39, 0.29) is 41.9 Å². The zero-order valence-corrected chi connectivity index (χ0v) is 12.5. The minimum absolute atomic E-state index is 0. The lowest BCUT2D eigenvalue weighted by Gasteiger charge is -2.22. The first-order valence-corrected chi connectivity index (χ1v) is 6.78. The van der Waals surface area contributed by atoms with Crippen molar-refractivity contribution in [1.82, 2.24) is 0 Å². The van der Waals surface area contributed by atoms with Crippen molar-refractivity contribution in [2.75, 3.05) is 0 Å². The van der Waals surface area contributed by atoms with Gasteiger partial charge in [-0.2, -0.15) is 0 Å². The van der Waals surface area contributed by atoms with E-state index in [1.165, 1.54) is 13.8 Å². The molecule has 24 heavy (non-hydrogen) atoms. The molecule has 3 unspecified atom stereocenters. The third kappa shape index (κ3) is 18.6. The van der Waals surface area contributed by atoms with Crippen LogP contribution in [0.15, 0.2) is 0 Å². The second kappa shape index (κ2) is 17.9. The van der Waals surface area contributed by atoms with Gasteiger partial charge in [0.1, 0.15) is 24.4 Å². The Hall–Kier alpha value is -1.43. The van der Waals surface area contributed by atoms with Crippen LogP contribution in [0.4, 0.5) is 0 Å². The summed E-state index contributed by atoms with van der Waals surface area (Å²) in [5, 5.41) is 9.61. The molecule has 0 bridgehead atoms. The van der Waals surface area contributed by atoms with Gasteiger partial charge in [-0.15, -0.1) is 0 Å². The fourth-order valence-corrected chi connectivity index (χ4v) is 1.78. The van der Waals surface area contributed by atoms with Gasteiger partial charge in [-0.3, -0.25) is 14.4 Å². The van der Waals surface area contributed by atoms with Crippen LogP contribution in [0.25, 0.3) is 0 Å². The van der Waals surface area contributed by atoms with Crippen LogP contribution in [0.5, 0.6) is 0 Å². The zero-order chi connectivity index (χ0) is 15.7. The molecule has 0 fully saturated rings. The molecule has 0 aromatic carbocycles. The number of aliphatic hydroxyl groups excluding tert-OH is 1. The second-order valence-electron chi connectivity index (χ2n) is 4.94. The van der Waals surface area contributed by atoms with Gasteiger partial charge in [0.15, 0.2) is 0 Å². The van der Waals surface area contributed by atoms with Gasteiger partial charge in [0.05, 0.1) is 6.10 Å². The molecular weight excluding hydrogens is 312 g/mol. The van der Waals surface area contributed by atoms with Gasteiger partial charge in [-0.05, 0) is 20.3 Å². The molecule has 0 aliphatic heterocycles. The molecule has 3 atom stereocenters. The summed E-state index contributed by atoms with van der Waals surface area (Å²) in [6.45, 7) is 6.08. The fraction of sp³-hybridized carbons (Fsp3) is 0.833. The number of rotatable bonds is 9. The summed E-state index contributed by atoms with van der Waals surface area (Å²) < 4.78 is 10.2. The summed E-state index contributed by atoms with van der Waals surface area (Å²) in [5.41, 5.74) is 0. The van der Waals surface area contributed by atoms with E-state index in [2.05, 4.69) is 0 Å². The van der Waals surface area contributed by atoms with Gasteiger partial charge in [-0.1, -0.05) is 36.6 Å². The summed E-state index contributed by atoms with van der Waals surface area (Å²) in [6.07, 6.45) is -0.696. The minimum Gasteiger partial charge on any atom is -0.462 e. The van der Waals surface area contributed by atoms with E-state index in [1.54, 1.807) is 6.92 Å². The first-order valence-electron chi connectivity index (χ1n) is 6.78. The van der Waals surface area contributed by atoms with Crippen molar-refractivity contribution in [3.63, 3.8) is 0 Å². The van der Waals surface area contributed by atoms with Crippen LogP contribution >= 0.6 is 0 Å². The Morgan fingerprint density at radius 2 is 1.46 bits per heavy atom. The van der Waals surface area contributed by atoms with Gasteiger partial charge in [0.2, 0.25) is 0 Å². The number of hydrogen-bond acceptors (Lipinski definition) is 6. The number of hydrogen-bond donors (Lipinski definition) is 1. The summed E-state index contributed by atoms with van der Waals surface area (Å²) in [6, 6.07) is 0. The second-order valence-corrected chi connectivity index (χ2v) is 4.94. The third-order valence-electron chi connectivity index (χ3n) is 2.66. The molecule has 6 nitrogen and oxygen atoms in total. The standard InChI is InChI=1S/C14H24O6.4CH4/c1-5-12(17)8-13(20-11(4)16)7-10(3)19-14(18)6-9(2)15;;;;/h10,12-13,17H,5-8H2,1-4H3;4*1H4. The van der Waals surface area contributed by atoms with E-state index < -0.39 is 30.3 Å². The SMILES string of the molecule is C.C.C.C.CCC(O)CC(CC(C)OC(=O)CC(C)=O)OC(C)=O. The van der Waals surface area contributed by atoms with E-state index in [9.17, 15) is 19.5 Å². The average Bonchev–Trinajstić information content (AvgIpc) is 2.25. The fourth-order valence-electron chi connectivity index (χ4n) is 1.78. The number of Topliss-reactive ketones (excluding diaryl/α,β-unsaturated/α-hetero) is 1. The van der Waals surface area contributed by atoms with Crippen molar-refractivity contribution in [1.29, 1.82) is 0 Å². The van der Waals surface area contributed by atoms with Gasteiger partial charge in [-0.25, -0.2) is 0 Å². The highest BCUT2D eigenvalue weighted by molar-refractivity contribution is 5.94. The van der Waals surface area contributed by atoms with Gasteiger partial charge in [0, 0.05) is 19.8 Å². The number of ketones is 1. The molecule has 0 saturated heterocycles. The molecule has 1 N–H and O–H groups in total. The Balaban J connectivity index is -0.000000301. The molecule has 0 amide bonds. The van der Waals surface area contributed by atoms with Crippen molar-refractivity contribution < 1.29 is 29.0 Å². The zero-order valence-electron chi connectivity index (χ0n) is 12.5. The van der Waals surface area contributed by atoms with Gasteiger partial charge < -0.3 is 14.6 Å². The topological polar surface area (TPSA) is 89.9 Å². The highest BCUT2D eigenvalue weighted by atomic mass is 16.6. The molecule has 0 aromatic rings. The van der Waals surface area contributed by atoms with Crippen LogP contribution in [0.1, 0.15) is 83.1 Å². The van der Waals surface area contributed by atoms with Crippen molar-refractivity contribution in [2.24, 2.45) is 0 Å². The predicted molar refractivity (Wildman–Crippen MR) is 98.9 cm³/mol. The Morgan fingerprint density at radius 3 is 1.83 bits per heavy atom. The normalized spacial score (nSPS) is 12.5. The monoisotopic (exact) mass is 352 g/mol. The van der Waals surface area contributed by atoms with Gasteiger partial charge >= 0.3 is 11.9 Å². The summed E-state index contributed by atoms with van der Waals surface area (Å²) in [4.78, 5) is 33.1. The summed E-state index contributed by atoms with van der Waals surface area (Å²) in [7, 11) is 0. The highest BCUT2D eigenvalue weighted by Crippen LogP contribution is 2.14. The van der Waals surface area contributed by atoms with Gasteiger partial charge in [0.25, 0.3) is 0 Å². The van der Waals surface area contributed by atoms with E-state index in [0.717, 1.165) is 0 Å². The number of carbonyl (C=O) groups is 3. The maximum atomic E-state index is 11.3. The number of carbonyl (C=O) groups excluding carboxylic acids is 3. The molecular formula is C18H40O6. The van der Waals surface area contributed by atoms with Crippen LogP contribution in [-0.4, -0.2) is 41.1 Å². The smallest absolute Gasteiger partial charge is 0.313 e. The van der Waals surface area contributed by atoms with Crippen molar-refractivity contribution >= 4 is 17.7 Å². The molecule has 0 saturated carbocycles. The molecule has 0 aromatic heterocycles. The first kappa shape index (κ1) is 34.0. The highest BCUT2D eigenvalue weighted by Gasteiger charge is 2.21. The van der Waals surface area contributed by atoms with Crippen molar-refractivity contribution in [3.05, 3.63) is 0 Å². The molecule has 6 heteroatoms. The lowest BCUT2D eigenvalue weighted by atomic mass is 10.0. The minimum atomic E-state index is -0.595. The maximum Gasteiger partial charge on any atom is 0.313 e. The number of esters is 2. The van der Waals surface area contributed by atoms with Crippen LogP contribution in [0.2, 0.25) is 0 Å². The lowest BCUT2D eigenvalue weighted by Crippen LogP contribution is -2.28. The van der Waals surface area contributed by atoms with E-state index in [1.807, 2.05) is 6.92 Å². The first-order chi connectivity index (χ1) is 9.24. The average molecular weight is 353 g/mol. The molecule has 0 aliphatic rings. The lowest BCUT2D eigenvalue weighted by molar-refractivity contribution is -0.154. The predicted octanol–water partition coefficient (Wildman–Crippen LogP) is 3.92. The summed E-state index contributed by atoms with van der Waals surface area (Å²) in [5.74, 6) is -1.30. The Labute approximate surface area is 148 Å². The quantitative estimate of drug-likeness (QED) is 0.499. The van der Waals surface area contributed by atoms with Crippen LogP contribution in [0.3, 0.4) is 0 Å². The van der Waals surface area contributed by atoms with E-state index in [0.29, 0.717) is 19.3 Å². The van der Waals surface area contributed by atoms with Crippen molar-refractivity contribution in [2.45, 2.75) is 101 Å². The molecule has 0 rings (SSSR count). The third-order valence-corrected chi connectivity index (χ3v) is 2.66. The van der Waals surface area contributed by atoms with Crippen molar-refractivity contribution in [3.8, 4) is 0 Å². The van der Waals surface area contributed by atoms with Crippen LogP contribution in [0, 0.1) is 0 Å². The summed E-state index contributed by atoms with van der Waals surface area (Å²) >= 11 is 0. The Bertz CT molecular complexity index is 340. The Morgan fingerprint density at radius 1 is 0.958 bits per heavy atom. The van der Waals surface area contributed by atoms with E-state index in [4.69, 9.17) is 9.47 Å². The molecule has 0 radical (unpaired) electrons.